The minimum Gasteiger partial charge on any atom is -0.383 e. The molecule has 2 N–H and O–H groups in total. The lowest BCUT2D eigenvalue weighted by Crippen LogP contribution is -2.26. The Hall–Kier alpha value is 0.650. The van der Waals surface area contributed by atoms with E-state index in [1.165, 1.54) is 0 Å². The van der Waals surface area contributed by atoms with Gasteiger partial charge in [0, 0.05) is 17.6 Å². The molecule has 0 unspecified atom stereocenters. The van der Waals surface area contributed by atoms with Gasteiger partial charge in [0.1, 0.15) is 0 Å². The smallest absolute Gasteiger partial charge is 0.0621 e. The van der Waals surface area contributed by atoms with Gasteiger partial charge in [0.15, 0.2) is 0 Å². The van der Waals surface area contributed by atoms with E-state index < -0.39 is 0 Å². The third-order valence-corrected chi connectivity index (χ3v) is 1.71. The predicted molar refractivity (Wildman–Crippen MR) is 38.7 cm³/mol. The summed E-state index contributed by atoms with van der Waals surface area (Å²) in [7, 11) is 1.66. The number of nitrogens with two attached hydrogens (primary N) is 1. The van der Waals surface area contributed by atoms with Gasteiger partial charge in [-0.25, -0.2) is 0 Å². The van der Waals surface area contributed by atoms with Crippen molar-refractivity contribution >= 4 is 22.6 Å². The van der Waals surface area contributed by atoms with E-state index in [-0.39, 0.29) is 6.04 Å². The second kappa shape index (κ2) is 4.80. The van der Waals surface area contributed by atoms with Gasteiger partial charge in [0.05, 0.1) is 6.61 Å². The highest BCUT2D eigenvalue weighted by Gasteiger charge is 1.94. The van der Waals surface area contributed by atoms with Gasteiger partial charge in [-0.15, -0.1) is 0 Å². The van der Waals surface area contributed by atoms with E-state index in [0.29, 0.717) is 6.61 Å². The first kappa shape index (κ1) is 7.65. The highest BCUT2D eigenvalue weighted by atomic mass is 127. The lowest BCUT2D eigenvalue weighted by molar-refractivity contribution is 0.187. The molecular formula is C4H10INO. The SMILES string of the molecule is COC[C@H](N)CI. The van der Waals surface area contributed by atoms with Crippen LogP contribution < -0.4 is 5.73 Å². The molecule has 1 atom stereocenters. The van der Waals surface area contributed by atoms with Crippen LogP contribution in [0.4, 0.5) is 0 Å². The summed E-state index contributed by atoms with van der Waals surface area (Å²) in [6.45, 7) is 0.670. The number of ether oxygens (including phenoxy) is 1. The highest BCUT2D eigenvalue weighted by Crippen LogP contribution is 1.86. The molecule has 0 saturated carbocycles. The standard InChI is InChI=1S/C4H10INO/c1-7-3-4(6)2-5/h4H,2-3,6H2,1H3/t4-/m1/s1. The van der Waals surface area contributed by atoms with Crippen LogP contribution in [0.5, 0.6) is 0 Å². The first-order valence-corrected chi connectivity index (χ1v) is 3.64. The predicted octanol–water partition coefficient (Wildman–Crippen LogP) is 0.395. The normalized spacial score (nSPS) is 14.1. The molecule has 0 aromatic heterocycles. The Kier molecular flexibility index (Phi) is 5.25. The summed E-state index contributed by atoms with van der Waals surface area (Å²) in [5.74, 6) is 0. The number of methoxy groups -OCH3 is 1. The van der Waals surface area contributed by atoms with Gasteiger partial charge < -0.3 is 10.5 Å². The first-order chi connectivity index (χ1) is 3.31. The molecule has 0 saturated heterocycles. The zero-order valence-corrected chi connectivity index (χ0v) is 6.51. The Morgan fingerprint density at radius 2 is 2.43 bits per heavy atom. The number of alkyl halides is 1. The molecule has 0 bridgehead atoms. The van der Waals surface area contributed by atoms with Gasteiger partial charge in [-0.2, -0.15) is 0 Å². The van der Waals surface area contributed by atoms with Gasteiger partial charge in [-0.05, 0) is 0 Å². The number of hydrogen-bond acceptors (Lipinski definition) is 2. The van der Waals surface area contributed by atoms with Crippen LogP contribution in [0.1, 0.15) is 0 Å². The molecule has 3 heteroatoms. The van der Waals surface area contributed by atoms with E-state index in [9.17, 15) is 0 Å². The van der Waals surface area contributed by atoms with Gasteiger partial charge in [-0.3, -0.25) is 0 Å². The Balaban J connectivity index is 2.83. The summed E-state index contributed by atoms with van der Waals surface area (Å²) >= 11 is 2.23. The highest BCUT2D eigenvalue weighted by molar-refractivity contribution is 14.1. The monoisotopic (exact) mass is 215 g/mol. The Morgan fingerprint density at radius 3 is 2.57 bits per heavy atom. The van der Waals surface area contributed by atoms with Crippen LogP contribution in [0.15, 0.2) is 0 Å². The van der Waals surface area contributed by atoms with Crippen molar-refractivity contribution in [3.63, 3.8) is 0 Å². The molecular weight excluding hydrogens is 205 g/mol. The fourth-order valence-electron chi connectivity index (χ4n) is 0.259. The van der Waals surface area contributed by atoms with Gasteiger partial charge in [0.25, 0.3) is 0 Å². The molecule has 0 radical (unpaired) electrons. The summed E-state index contributed by atoms with van der Waals surface area (Å²) in [5, 5.41) is 0. The largest absolute Gasteiger partial charge is 0.383 e. The molecule has 0 aliphatic rings. The van der Waals surface area contributed by atoms with E-state index in [1.54, 1.807) is 7.11 Å². The van der Waals surface area contributed by atoms with Crippen LogP contribution in [0.3, 0.4) is 0 Å². The van der Waals surface area contributed by atoms with E-state index in [4.69, 9.17) is 10.5 Å². The van der Waals surface area contributed by atoms with Crippen molar-refractivity contribution in [3.05, 3.63) is 0 Å². The average Bonchev–Trinajstić information content (AvgIpc) is 1.68. The van der Waals surface area contributed by atoms with E-state index >= 15 is 0 Å². The van der Waals surface area contributed by atoms with Crippen molar-refractivity contribution in [2.45, 2.75) is 6.04 Å². The van der Waals surface area contributed by atoms with Crippen LogP contribution in [0, 0.1) is 0 Å². The van der Waals surface area contributed by atoms with Crippen molar-refractivity contribution in [1.82, 2.24) is 0 Å². The van der Waals surface area contributed by atoms with Crippen molar-refractivity contribution in [1.29, 1.82) is 0 Å². The maximum atomic E-state index is 5.45. The van der Waals surface area contributed by atoms with E-state index in [1.807, 2.05) is 0 Å². The molecule has 0 amide bonds. The minimum atomic E-state index is 0.214. The van der Waals surface area contributed by atoms with Crippen LogP contribution in [-0.4, -0.2) is 24.2 Å². The summed E-state index contributed by atoms with van der Waals surface area (Å²) < 4.78 is 5.73. The molecule has 0 aromatic carbocycles. The topological polar surface area (TPSA) is 35.2 Å². The molecule has 44 valence electrons. The number of hydrogen-bond donors (Lipinski definition) is 1. The maximum absolute atomic E-state index is 5.45. The molecule has 0 rings (SSSR count). The fraction of sp³-hybridized carbons (Fsp3) is 1.00. The zero-order valence-electron chi connectivity index (χ0n) is 4.36. The molecule has 0 heterocycles. The van der Waals surface area contributed by atoms with Crippen molar-refractivity contribution in [3.8, 4) is 0 Å². The Bertz CT molecular complexity index is 42.7. The molecule has 7 heavy (non-hydrogen) atoms. The molecule has 0 aliphatic heterocycles. The van der Waals surface area contributed by atoms with Crippen LogP contribution in [-0.2, 0) is 4.74 Å². The average molecular weight is 215 g/mol. The molecule has 0 aromatic rings. The van der Waals surface area contributed by atoms with E-state index in [2.05, 4.69) is 22.6 Å². The molecule has 0 spiro atoms. The molecule has 0 aliphatic carbocycles. The summed E-state index contributed by atoms with van der Waals surface area (Å²) in [4.78, 5) is 0. The third kappa shape index (κ3) is 4.50. The van der Waals surface area contributed by atoms with Gasteiger partial charge >= 0.3 is 0 Å². The summed E-state index contributed by atoms with van der Waals surface area (Å²) in [6, 6.07) is 0.214. The maximum Gasteiger partial charge on any atom is 0.0621 e. The number of halogens is 1. The lowest BCUT2D eigenvalue weighted by Gasteiger charge is -2.02. The van der Waals surface area contributed by atoms with Crippen LogP contribution in [0.25, 0.3) is 0 Å². The summed E-state index contributed by atoms with van der Waals surface area (Å²) in [5.41, 5.74) is 5.45. The quantitative estimate of drug-likeness (QED) is 0.546. The van der Waals surface area contributed by atoms with Crippen molar-refractivity contribution < 1.29 is 4.74 Å². The zero-order chi connectivity index (χ0) is 5.70. The molecule has 0 fully saturated rings. The number of rotatable bonds is 3. The third-order valence-electron chi connectivity index (χ3n) is 0.579. The minimum absolute atomic E-state index is 0.214. The van der Waals surface area contributed by atoms with Crippen molar-refractivity contribution in [2.75, 3.05) is 18.1 Å². The van der Waals surface area contributed by atoms with Crippen LogP contribution >= 0.6 is 22.6 Å². The van der Waals surface area contributed by atoms with Crippen molar-refractivity contribution in [2.24, 2.45) is 5.73 Å². The Morgan fingerprint density at radius 1 is 1.86 bits per heavy atom. The molecule has 2 nitrogen and oxygen atoms in total. The second-order valence-corrected chi connectivity index (χ2v) is 2.25. The van der Waals surface area contributed by atoms with E-state index in [0.717, 1.165) is 4.43 Å². The second-order valence-electron chi connectivity index (χ2n) is 1.37. The van der Waals surface area contributed by atoms with Gasteiger partial charge in [0.2, 0.25) is 0 Å². The van der Waals surface area contributed by atoms with Gasteiger partial charge in [-0.1, -0.05) is 22.6 Å². The Labute approximate surface area is 57.5 Å². The fourth-order valence-corrected chi connectivity index (χ4v) is 0.513. The lowest BCUT2D eigenvalue weighted by atomic mass is 10.4. The first-order valence-electron chi connectivity index (χ1n) is 2.11. The summed E-state index contributed by atoms with van der Waals surface area (Å²) in [6.07, 6.45) is 0. The van der Waals surface area contributed by atoms with Crippen LogP contribution in [0.2, 0.25) is 0 Å².